The minimum atomic E-state index is -0.620. The summed E-state index contributed by atoms with van der Waals surface area (Å²) >= 11 is 0. The highest BCUT2D eigenvalue weighted by atomic mass is 16.5. The van der Waals surface area contributed by atoms with Gasteiger partial charge in [-0.3, -0.25) is 5.32 Å². The Kier molecular flexibility index (Phi) is 4.44. The zero-order valence-corrected chi connectivity index (χ0v) is 11.8. The predicted molar refractivity (Wildman–Crippen MR) is 76.3 cm³/mol. The van der Waals surface area contributed by atoms with Gasteiger partial charge in [0.25, 0.3) is 0 Å². The summed E-state index contributed by atoms with van der Waals surface area (Å²) in [4.78, 5) is 0. The number of hydrogen-bond acceptors (Lipinski definition) is 3. The summed E-state index contributed by atoms with van der Waals surface area (Å²) in [5.41, 5.74) is 2.24. The fourth-order valence-electron chi connectivity index (χ4n) is 2.54. The van der Waals surface area contributed by atoms with E-state index in [4.69, 9.17) is 4.74 Å². The smallest absolute Gasteiger partial charge is 0.138 e. The minimum Gasteiger partial charge on any atom is -0.491 e. The predicted octanol–water partition coefficient (Wildman–Crippen LogP) is 2.84. The van der Waals surface area contributed by atoms with Crippen LogP contribution in [0.1, 0.15) is 37.8 Å². The van der Waals surface area contributed by atoms with Crippen LogP contribution in [-0.2, 0) is 12.8 Å². The van der Waals surface area contributed by atoms with Gasteiger partial charge in [-0.15, -0.1) is 0 Å². The van der Waals surface area contributed by atoms with E-state index in [1.807, 2.05) is 19.9 Å². The Morgan fingerprint density at radius 1 is 1.32 bits per heavy atom. The molecule has 0 aromatic heterocycles. The lowest BCUT2D eigenvalue weighted by molar-refractivity contribution is 0.236. The van der Waals surface area contributed by atoms with Crippen LogP contribution in [0.4, 0.5) is 0 Å². The molecule has 0 amide bonds. The van der Waals surface area contributed by atoms with E-state index in [0.717, 1.165) is 18.7 Å². The summed E-state index contributed by atoms with van der Waals surface area (Å²) in [5, 5.41) is 12.3. The van der Waals surface area contributed by atoms with Crippen LogP contribution < -0.4 is 10.1 Å². The summed E-state index contributed by atoms with van der Waals surface area (Å²) in [5.74, 6) is 0.875. The van der Waals surface area contributed by atoms with Gasteiger partial charge in [0.2, 0.25) is 0 Å². The first kappa shape index (κ1) is 13.9. The highest BCUT2D eigenvalue weighted by Gasteiger charge is 2.23. The quantitative estimate of drug-likeness (QED) is 0.883. The van der Waals surface area contributed by atoms with E-state index in [9.17, 15) is 5.26 Å². The molecule has 102 valence electrons. The molecular formula is C16H22N2O. The molecule has 3 nitrogen and oxygen atoms in total. The molecule has 0 fully saturated rings. The molecule has 1 aliphatic rings. The molecule has 0 saturated carbocycles. The zero-order valence-electron chi connectivity index (χ0n) is 11.8. The van der Waals surface area contributed by atoms with Gasteiger partial charge in [0.15, 0.2) is 0 Å². The van der Waals surface area contributed by atoms with Crippen molar-refractivity contribution < 1.29 is 4.74 Å². The largest absolute Gasteiger partial charge is 0.491 e. The van der Waals surface area contributed by atoms with E-state index >= 15 is 0 Å². The summed E-state index contributed by atoms with van der Waals surface area (Å²) in [6.07, 6.45) is 4.89. The van der Waals surface area contributed by atoms with Gasteiger partial charge in [0, 0.05) is 0 Å². The van der Waals surface area contributed by atoms with Crippen LogP contribution in [0.5, 0.6) is 5.75 Å². The standard InChI is InChI=1S/C16H22N2O/c1-3-18-16(2,11-17)12-19-15-9-8-13-6-4-5-7-14(13)10-15/h8-10,18H,3-7,12H2,1-2H3. The van der Waals surface area contributed by atoms with Crippen molar-refractivity contribution in [3.63, 3.8) is 0 Å². The van der Waals surface area contributed by atoms with Crippen molar-refractivity contribution in [2.24, 2.45) is 0 Å². The normalized spacial score (nSPS) is 17.1. The summed E-state index contributed by atoms with van der Waals surface area (Å²) in [6.45, 7) is 5.00. The average Bonchev–Trinajstić information content (AvgIpc) is 2.45. The third-order valence-electron chi connectivity index (χ3n) is 3.66. The Morgan fingerprint density at radius 2 is 2.05 bits per heavy atom. The van der Waals surface area contributed by atoms with Gasteiger partial charge in [-0.2, -0.15) is 5.26 Å². The molecule has 1 aromatic carbocycles. The number of nitrogens with one attached hydrogen (secondary N) is 1. The first-order valence-corrected chi connectivity index (χ1v) is 7.08. The number of likely N-dealkylation sites (N-methyl/N-ethyl adjacent to an activating group) is 1. The number of fused-ring (bicyclic) bond motifs is 1. The molecule has 19 heavy (non-hydrogen) atoms. The summed E-state index contributed by atoms with van der Waals surface area (Å²) < 4.78 is 5.80. The number of nitriles is 1. The molecule has 0 radical (unpaired) electrons. The van der Waals surface area contributed by atoms with Crippen LogP contribution in [0, 0.1) is 11.3 Å². The van der Waals surface area contributed by atoms with Gasteiger partial charge >= 0.3 is 0 Å². The second-order valence-electron chi connectivity index (χ2n) is 5.40. The lowest BCUT2D eigenvalue weighted by Gasteiger charge is -2.23. The van der Waals surface area contributed by atoms with Crippen molar-refractivity contribution in [2.75, 3.05) is 13.2 Å². The number of hydrogen-bond donors (Lipinski definition) is 1. The van der Waals surface area contributed by atoms with Crippen LogP contribution in [0.25, 0.3) is 0 Å². The SMILES string of the molecule is CCNC(C)(C#N)COc1ccc2c(c1)CCCC2. The Hall–Kier alpha value is -1.53. The van der Waals surface area contributed by atoms with Crippen LogP contribution in [-0.4, -0.2) is 18.7 Å². The Labute approximate surface area is 115 Å². The molecule has 1 aromatic rings. The fourth-order valence-corrected chi connectivity index (χ4v) is 2.54. The molecule has 0 bridgehead atoms. The third-order valence-corrected chi connectivity index (χ3v) is 3.66. The number of aryl methyl sites for hydroxylation is 2. The molecule has 0 spiro atoms. The van der Waals surface area contributed by atoms with Crippen LogP contribution in [0.3, 0.4) is 0 Å². The minimum absolute atomic E-state index is 0.371. The van der Waals surface area contributed by atoms with Crippen molar-refractivity contribution in [2.45, 2.75) is 45.1 Å². The van der Waals surface area contributed by atoms with Crippen molar-refractivity contribution >= 4 is 0 Å². The van der Waals surface area contributed by atoms with Crippen LogP contribution >= 0.6 is 0 Å². The van der Waals surface area contributed by atoms with E-state index < -0.39 is 5.54 Å². The van der Waals surface area contributed by atoms with Crippen molar-refractivity contribution in [3.8, 4) is 11.8 Å². The second kappa shape index (κ2) is 6.08. The van der Waals surface area contributed by atoms with Gasteiger partial charge in [-0.1, -0.05) is 13.0 Å². The van der Waals surface area contributed by atoms with Gasteiger partial charge < -0.3 is 4.74 Å². The molecule has 3 heteroatoms. The van der Waals surface area contributed by atoms with Gasteiger partial charge in [0.05, 0.1) is 6.07 Å². The van der Waals surface area contributed by atoms with Crippen LogP contribution in [0.15, 0.2) is 18.2 Å². The number of rotatable bonds is 5. The molecule has 1 aliphatic carbocycles. The second-order valence-corrected chi connectivity index (χ2v) is 5.40. The number of ether oxygens (including phenoxy) is 1. The van der Waals surface area contributed by atoms with Gasteiger partial charge in [-0.25, -0.2) is 0 Å². The van der Waals surface area contributed by atoms with Crippen molar-refractivity contribution in [1.82, 2.24) is 5.32 Å². The molecule has 0 heterocycles. The lowest BCUT2D eigenvalue weighted by atomic mass is 9.92. The summed E-state index contributed by atoms with van der Waals surface area (Å²) in [6, 6.07) is 8.60. The molecular weight excluding hydrogens is 236 g/mol. The number of nitrogens with zero attached hydrogens (tertiary/aromatic N) is 1. The highest BCUT2D eigenvalue weighted by molar-refractivity contribution is 5.37. The molecule has 1 atom stereocenters. The molecule has 0 aliphatic heterocycles. The van der Waals surface area contributed by atoms with Crippen molar-refractivity contribution in [1.29, 1.82) is 5.26 Å². The summed E-state index contributed by atoms with van der Waals surface area (Å²) in [7, 11) is 0. The Balaban J connectivity index is 2.02. The fraction of sp³-hybridized carbons (Fsp3) is 0.562. The van der Waals surface area contributed by atoms with E-state index in [1.165, 1.54) is 30.4 Å². The van der Waals surface area contributed by atoms with E-state index in [0.29, 0.717) is 6.61 Å². The molecule has 0 saturated heterocycles. The maximum atomic E-state index is 9.19. The highest BCUT2D eigenvalue weighted by Crippen LogP contribution is 2.25. The van der Waals surface area contributed by atoms with E-state index in [-0.39, 0.29) is 0 Å². The third kappa shape index (κ3) is 3.48. The van der Waals surface area contributed by atoms with Crippen LogP contribution in [0.2, 0.25) is 0 Å². The maximum absolute atomic E-state index is 9.19. The topological polar surface area (TPSA) is 45.0 Å². The van der Waals surface area contributed by atoms with E-state index in [2.05, 4.69) is 23.5 Å². The first-order valence-electron chi connectivity index (χ1n) is 7.08. The zero-order chi connectivity index (χ0) is 13.7. The lowest BCUT2D eigenvalue weighted by Crippen LogP contribution is -2.46. The Morgan fingerprint density at radius 3 is 2.74 bits per heavy atom. The van der Waals surface area contributed by atoms with Gasteiger partial charge in [-0.05, 0) is 62.4 Å². The van der Waals surface area contributed by atoms with E-state index in [1.54, 1.807) is 0 Å². The molecule has 1 N–H and O–H groups in total. The van der Waals surface area contributed by atoms with Crippen molar-refractivity contribution in [3.05, 3.63) is 29.3 Å². The average molecular weight is 258 g/mol. The molecule has 2 rings (SSSR count). The molecule has 1 unspecified atom stereocenters. The monoisotopic (exact) mass is 258 g/mol. The first-order chi connectivity index (χ1) is 9.17. The Bertz CT molecular complexity index is 478. The van der Waals surface area contributed by atoms with Gasteiger partial charge in [0.1, 0.15) is 17.9 Å². The maximum Gasteiger partial charge on any atom is 0.138 e. The number of benzene rings is 1.